The van der Waals surface area contributed by atoms with Crippen molar-refractivity contribution >= 4 is 51.1 Å². The Bertz CT molecular complexity index is 903. The van der Waals surface area contributed by atoms with Crippen molar-refractivity contribution < 1.29 is 14.0 Å². The number of hydrazone groups is 1. The molecule has 3 aromatic rings. The highest BCUT2D eigenvalue weighted by Gasteiger charge is 2.17. The number of hydrogen-bond acceptors (Lipinski definition) is 5. The van der Waals surface area contributed by atoms with E-state index in [1.807, 2.05) is 24.3 Å². The molecule has 0 unspecified atom stereocenters. The molecule has 0 saturated carbocycles. The number of furan rings is 1. The molecule has 8 heteroatoms. The normalized spacial score (nSPS) is 11.0. The molecule has 24 heavy (non-hydrogen) atoms. The standard InChI is InChI=1S/C16H12ClN3O3S/c17-14-11-5-1-2-6-12(11)24-15(14)16(22)18-9-13(21)20-19-8-10-4-3-7-23-10/h1-8H,9H2,(H,18,22)(H,20,21)/b19-8-. The van der Waals surface area contributed by atoms with E-state index in [0.29, 0.717) is 15.7 Å². The Morgan fingerprint density at radius 1 is 1.25 bits per heavy atom. The lowest BCUT2D eigenvalue weighted by Gasteiger charge is -2.02. The fourth-order valence-electron chi connectivity index (χ4n) is 1.97. The summed E-state index contributed by atoms with van der Waals surface area (Å²) in [6, 6.07) is 10.9. The van der Waals surface area contributed by atoms with Gasteiger partial charge in [0.15, 0.2) is 0 Å². The van der Waals surface area contributed by atoms with E-state index in [9.17, 15) is 9.59 Å². The van der Waals surface area contributed by atoms with E-state index in [2.05, 4.69) is 15.8 Å². The molecule has 0 aliphatic carbocycles. The Morgan fingerprint density at radius 3 is 2.83 bits per heavy atom. The molecule has 0 fully saturated rings. The maximum absolute atomic E-state index is 12.2. The van der Waals surface area contributed by atoms with Crippen LogP contribution in [0.15, 0.2) is 52.2 Å². The summed E-state index contributed by atoms with van der Waals surface area (Å²) in [7, 11) is 0. The quantitative estimate of drug-likeness (QED) is 0.541. The Labute approximate surface area is 146 Å². The highest BCUT2D eigenvalue weighted by molar-refractivity contribution is 7.21. The third-order valence-corrected chi connectivity index (χ3v) is 4.75. The van der Waals surface area contributed by atoms with Crippen LogP contribution >= 0.6 is 22.9 Å². The second kappa shape index (κ2) is 7.29. The van der Waals surface area contributed by atoms with E-state index < -0.39 is 11.8 Å². The van der Waals surface area contributed by atoms with Crippen LogP contribution in [0.1, 0.15) is 15.4 Å². The van der Waals surface area contributed by atoms with Crippen molar-refractivity contribution in [1.82, 2.24) is 10.7 Å². The molecule has 0 spiro atoms. The van der Waals surface area contributed by atoms with Crippen molar-refractivity contribution in [3.8, 4) is 0 Å². The molecule has 3 rings (SSSR count). The van der Waals surface area contributed by atoms with E-state index in [1.54, 1.807) is 12.1 Å². The van der Waals surface area contributed by atoms with Gasteiger partial charge in [-0.25, -0.2) is 5.43 Å². The van der Waals surface area contributed by atoms with E-state index in [0.717, 1.165) is 10.1 Å². The van der Waals surface area contributed by atoms with Gasteiger partial charge in [-0.15, -0.1) is 11.3 Å². The fraction of sp³-hybridized carbons (Fsp3) is 0.0625. The van der Waals surface area contributed by atoms with Crippen LogP contribution in [-0.2, 0) is 4.79 Å². The summed E-state index contributed by atoms with van der Waals surface area (Å²) in [5.41, 5.74) is 2.30. The zero-order valence-corrected chi connectivity index (χ0v) is 13.9. The molecular formula is C16H12ClN3O3S. The number of hydrogen-bond donors (Lipinski definition) is 2. The molecule has 0 atom stereocenters. The van der Waals surface area contributed by atoms with E-state index >= 15 is 0 Å². The first-order valence-corrected chi connectivity index (χ1v) is 8.15. The lowest BCUT2D eigenvalue weighted by atomic mass is 10.2. The number of benzene rings is 1. The number of nitrogens with one attached hydrogen (secondary N) is 2. The molecule has 0 aliphatic rings. The molecule has 122 valence electrons. The number of halogens is 1. The maximum Gasteiger partial charge on any atom is 0.263 e. The maximum atomic E-state index is 12.2. The second-order valence-electron chi connectivity index (χ2n) is 4.73. The summed E-state index contributed by atoms with van der Waals surface area (Å²) in [4.78, 5) is 24.2. The Hall–Kier alpha value is -2.64. The number of thiophene rings is 1. The van der Waals surface area contributed by atoms with Gasteiger partial charge in [0.2, 0.25) is 0 Å². The minimum Gasteiger partial charge on any atom is -0.463 e. The molecule has 2 heterocycles. The van der Waals surface area contributed by atoms with Crippen LogP contribution in [0, 0.1) is 0 Å². The highest BCUT2D eigenvalue weighted by atomic mass is 35.5. The topological polar surface area (TPSA) is 83.7 Å². The molecule has 0 radical (unpaired) electrons. The lowest BCUT2D eigenvalue weighted by molar-refractivity contribution is -0.120. The number of amides is 2. The zero-order chi connectivity index (χ0) is 16.9. The smallest absolute Gasteiger partial charge is 0.263 e. The second-order valence-corrected chi connectivity index (χ2v) is 6.16. The van der Waals surface area contributed by atoms with Crippen molar-refractivity contribution in [1.29, 1.82) is 0 Å². The van der Waals surface area contributed by atoms with E-state index in [1.165, 1.54) is 23.8 Å². The van der Waals surface area contributed by atoms with E-state index in [-0.39, 0.29) is 6.54 Å². The predicted molar refractivity (Wildman–Crippen MR) is 93.6 cm³/mol. The van der Waals surface area contributed by atoms with Crippen molar-refractivity contribution in [3.63, 3.8) is 0 Å². The third-order valence-electron chi connectivity index (χ3n) is 3.07. The molecule has 2 aromatic heterocycles. The van der Waals surface area contributed by atoms with Gasteiger partial charge in [0.25, 0.3) is 11.8 Å². The minimum absolute atomic E-state index is 0.209. The minimum atomic E-state index is -0.455. The summed E-state index contributed by atoms with van der Waals surface area (Å²) in [6.45, 7) is -0.209. The van der Waals surface area contributed by atoms with Gasteiger partial charge in [0.05, 0.1) is 24.0 Å². The van der Waals surface area contributed by atoms with E-state index in [4.69, 9.17) is 16.0 Å². The monoisotopic (exact) mass is 361 g/mol. The molecule has 0 aliphatic heterocycles. The molecule has 0 bridgehead atoms. The number of rotatable bonds is 5. The van der Waals surface area contributed by atoms with Crippen LogP contribution in [0.25, 0.3) is 10.1 Å². The van der Waals surface area contributed by atoms with Gasteiger partial charge in [0.1, 0.15) is 10.6 Å². The van der Waals surface area contributed by atoms with Gasteiger partial charge in [-0.3, -0.25) is 9.59 Å². The number of nitrogens with zero attached hydrogens (tertiary/aromatic N) is 1. The van der Waals surface area contributed by atoms with Gasteiger partial charge in [-0.05, 0) is 18.2 Å². The highest BCUT2D eigenvalue weighted by Crippen LogP contribution is 2.34. The van der Waals surface area contributed by atoms with Gasteiger partial charge in [-0.2, -0.15) is 5.10 Å². The van der Waals surface area contributed by atoms with Crippen LogP contribution in [0.4, 0.5) is 0 Å². The van der Waals surface area contributed by atoms with Gasteiger partial charge in [-0.1, -0.05) is 29.8 Å². The summed E-state index contributed by atoms with van der Waals surface area (Å²) >= 11 is 7.51. The molecular weight excluding hydrogens is 350 g/mol. The van der Waals surface area contributed by atoms with Crippen molar-refractivity contribution in [2.45, 2.75) is 0 Å². The Kier molecular flexibility index (Phi) is 4.93. The van der Waals surface area contributed by atoms with Gasteiger partial charge >= 0.3 is 0 Å². The SMILES string of the molecule is O=C(CNC(=O)c1sc2ccccc2c1Cl)N/N=C\c1ccco1. The van der Waals surface area contributed by atoms with Crippen molar-refractivity contribution in [2.75, 3.05) is 6.54 Å². The summed E-state index contributed by atoms with van der Waals surface area (Å²) in [6.07, 6.45) is 2.86. The fourth-order valence-corrected chi connectivity index (χ4v) is 3.41. The average Bonchev–Trinajstić information content (AvgIpc) is 3.21. The average molecular weight is 362 g/mol. The van der Waals surface area contributed by atoms with Crippen LogP contribution < -0.4 is 10.7 Å². The van der Waals surface area contributed by atoms with Gasteiger partial charge in [0, 0.05) is 10.1 Å². The Morgan fingerprint density at radius 2 is 2.08 bits per heavy atom. The summed E-state index contributed by atoms with van der Waals surface area (Å²) in [5, 5.41) is 7.46. The third kappa shape index (κ3) is 3.64. The van der Waals surface area contributed by atoms with Crippen LogP contribution in [0.3, 0.4) is 0 Å². The predicted octanol–water partition coefficient (Wildman–Crippen LogP) is 3.03. The Balaban J connectivity index is 1.56. The molecule has 6 nitrogen and oxygen atoms in total. The van der Waals surface area contributed by atoms with Crippen LogP contribution in [0.2, 0.25) is 5.02 Å². The van der Waals surface area contributed by atoms with Crippen molar-refractivity contribution in [3.05, 3.63) is 58.3 Å². The van der Waals surface area contributed by atoms with Crippen LogP contribution in [-0.4, -0.2) is 24.6 Å². The molecule has 2 amide bonds. The van der Waals surface area contributed by atoms with Gasteiger partial charge < -0.3 is 9.73 Å². The number of carbonyl (C=O) groups is 2. The molecule has 0 saturated heterocycles. The van der Waals surface area contributed by atoms with Crippen molar-refractivity contribution in [2.24, 2.45) is 5.10 Å². The lowest BCUT2D eigenvalue weighted by Crippen LogP contribution is -2.34. The first kappa shape index (κ1) is 16.2. The largest absolute Gasteiger partial charge is 0.463 e. The molecule has 2 N–H and O–H groups in total. The zero-order valence-electron chi connectivity index (χ0n) is 12.3. The first-order valence-electron chi connectivity index (χ1n) is 6.96. The first-order chi connectivity index (χ1) is 11.6. The summed E-state index contributed by atoms with van der Waals surface area (Å²) < 4.78 is 5.95. The molecule has 1 aromatic carbocycles. The number of fused-ring (bicyclic) bond motifs is 1. The van der Waals surface area contributed by atoms with Crippen LogP contribution in [0.5, 0.6) is 0 Å². The number of carbonyl (C=O) groups excluding carboxylic acids is 2. The summed E-state index contributed by atoms with van der Waals surface area (Å²) in [5.74, 6) is -0.342.